The van der Waals surface area contributed by atoms with Gasteiger partial charge in [-0.15, -0.1) is 0 Å². The Morgan fingerprint density at radius 3 is 2.66 bits per heavy atom. The van der Waals surface area contributed by atoms with E-state index in [0.717, 1.165) is 21.6 Å². The van der Waals surface area contributed by atoms with E-state index in [0.29, 0.717) is 34.5 Å². The molecule has 1 aliphatic heterocycles. The van der Waals surface area contributed by atoms with Gasteiger partial charge in [0.2, 0.25) is 5.09 Å². The van der Waals surface area contributed by atoms with E-state index in [2.05, 4.69) is 68.6 Å². The van der Waals surface area contributed by atoms with Crippen molar-refractivity contribution in [2.24, 2.45) is 5.92 Å². The minimum absolute atomic E-state index is 0.275. The molecule has 180 valence electrons. The molecule has 3 unspecified atom stereocenters. The number of halogens is 1. The van der Waals surface area contributed by atoms with Gasteiger partial charge in [0.1, 0.15) is 12.6 Å². The fourth-order valence-electron chi connectivity index (χ4n) is 4.19. The highest BCUT2D eigenvalue weighted by molar-refractivity contribution is 9.10. The number of hydrogen-bond acceptors (Lipinski definition) is 7. The van der Waals surface area contributed by atoms with Crippen LogP contribution in [0.25, 0.3) is 11.2 Å². The van der Waals surface area contributed by atoms with Crippen molar-refractivity contribution in [3.05, 3.63) is 87.9 Å². The summed E-state index contributed by atoms with van der Waals surface area (Å²) in [6.45, 7) is 5.21. The molecule has 5 rings (SSSR count). The van der Waals surface area contributed by atoms with Gasteiger partial charge in [-0.3, -0.25) is 0 Å². The molecule has 3 heterocycles. The zero-order chi connectivity index (χ0) is 24.4. The Hall–Kier alpha value is -3.04. The highest BCUT2D eigenvalue weighted by Crippen LogP contribution is 2.41. The Bertz CT molecular complexity index is 1360. The van der Waals surface area contributed by atoms with E-state index in [1.165, 1.54) is 23.7 Å². The predicted molar refractivity (Wildman–Crippen MR) is 141 cm³/mol. The van der Waals surface area contributed by atoms with E-state index < -0.39 is 6.29 Å². The highest BCUT2D eigenvalue weighted by Gasteiger charge is 2.28. The van der Waals surface area contributed by atoms with Gasteiger partial charge in [-0.1, -0.05) is 84.7 Å². The Morgan fingerprint density at radius 1 is 1.11 bits per heavy atom. The number of nitrogens with zero attached hydrogens (tertiary/aromatic N) is 4. The molecule has 1 aliphatic rings. The molecule has 35 heavy (non-hydrogen) atoms. The van der Waals surface area contributed by atoms with Crippen molar-refractivity contribution in [2.45, 2.75) is 44.2 Å². The summed E-state index contributed by atoms with van der Waals surface area (Å²) in [5.74, 6) is 1.09. The Morgan fingerprint density at radius 2 is 1.89 bits per heavy atom. The summed E-state index contributed by atoms with van der Waals surface area (Å²) in [4.78, 5) is 13.5. The van der Waals surface area contributed by atoms with Crippen molar-refractivity contribution in [1.29, 1.82) is 0 Å². The first-order valence-corrected chi connectivity index (χ1v) is 13.1. The summed E-state index contributed by atoms with van der Waals surface area (Å²) in [6.07, 6.45) is 3.66. The maximum atomic E-state index is 6.18. The molecule has 2 N–H and O–H groups in total. The van der Waals surface area contributed by atoms with Crippen LogP contribution < -0.4 is 5.73 Å². The molecule has 0 fully saturated rings. The number of nitrogen functional groups attached to an aromatic ring is 1. The third kappa shape index (κ3) is 4.88. The van der Waals surface area contributed by atoms with Crippen molar-refractivity contribution in [2.75, 3.05) is 5.73 Å². The molecule has 2 aromatic heterocycles. The lowest BCUT2D eigenvalue weighted by Crippen LogP contribution is -2.17. The molecule has 0 bridgehead atoms. The van der Waals surface area contributed by atoms with Gasteiger partial charge in [0.25, 0.3) is 6.29 Å². The normalized spacial score (nSPS) is 17.0. The minimum Gasteiger partial charge on any atom is -0.454 e. The molecule has 4 aromatic rings. The van der Waals surface area contributed by atoms with Gasteiger partial charge in [0.05, 0.1) is 0 Å². The first-order valence-electron chi connectivity index (χ1n) is 11.5. The monoisotopic (exact) mass is 551 g/mol. The molecule has 2 aromatic carbocycles. The molecule has 0 spiro atoms. The van der Waals surface area contributed by atoms with E-state index in [9.17, 15) is 0 Å². The Labute approximate surface area is 216 Å². The summed E-state index contributed by atoms with van der Waals surface area (Å²) in [5, 5.41) is 1.35. The largest absolute Gasteiger partial charge is 0.454 e. The van der Waals surface area contributed by atoms with Crippen LogP contribution in [-0.2, 0) is 16.0 Å². The Balaban J connectivity index is 1.47. The summed E-state index contributed by atoms with van der Waals surface area (Å²) in [7, 11) is 0. The second-order valence-electron chi connectivity index (χ2n) is 8.49. The van der Waals surface area contributed by atoms with Gasteiger partial charge >= 0.3 is 0 Å². The van der Waals surface area contributed by atoms with Gasteiger partial charge in [-0.05, 0) is 29.3 Å². The summed E-state index contributed by atoms with van der Waals surface area (Å²) in [5.41, 5.74) is 9.69. The molecule has 3 atom stereocenters. The number of imidazole rings is 1. The van der Waals surface area contributed by atoms with Crippen LogP contribution in [0.4, 0.5) is 5.82 Å². The average molecular weight is 552 g/mol. The van der Waals surface area contributed by atoms with E-state index in [1.54, 1.807) is 6.26 Å². The van der Waals surface area contributed by atoms with Gasteiger partial charge in [0, 0.05) is 22.5 Å². The molecule has 0 aliphatic carbocycles. The van der Waals surface area contributed by atoms with E-state index in [-0.39, 0.29) is 5.92 Å². The van der Waals surface area contributed by atoms with Crippen molar-refractivity contribution < 1.29 is 9.47 Å². The van der Waals surface area contributed by atoms with Crippen LogP contribution in [0.2, 0.25) is 0 Å². The quantitative estimate of drug-likeness (QED) is 0.262. The number of nitrogens with two attached hydrogens (primary N) is 1. The lowest BCUT2D eigenvalue weighted by Gasteiger charge is -2.25. The number of ether oxygens (including phenoxy) is 2. The maximum Gasteiger partial charge on any atom is 0.268 e. The predicted octanol–water partition coefficient (Wildman–Crippen LogP) is 6.64. The highest BCUT2D eigenvalue weighted by atomic mass is 79.9. The molecule has 0 amide bonds. The number of thioether (sulfide) groups is 1. The SMILES string of the molecule is CCC(C)C(Cn1c(SC2=COC(c3ccccc3Br)O2)nc2c(N)ncnc21)c1ccccc1. The molecule has 7 nitrogen and oxygen atoms in total. The zero-order valence-electron chi connectivity index (χ0n) is 19.5. The topological polar surface area (TPSA) is 88.1 Å². The van der Waals surface area contributed by atoms with Gasteiger partial charge in [0.15, 0.2) is 22.1 Å². The van der Waals surface area contributed by atoms with Gasteiger partial charge in [-0.2, -0.15) is 0 Å². The van der Waals surface area contributed by atoms with Crippen molar-refractivity contribution in [3.63, 3.8) is 0 Å². The van der Waals surface area contributed by atoms with Crippen LogP contribution in [0, 0.1) is 5.92 Å². The third-order valence-corrected chi connectivity index (χ3v) is 7.94. The lowest BCUT2D eigenvalue weighted by atomic mass is 9.85. The van der Waals surface area contributed by atoms with Crippen molar-refractivity contribution in [1.82, 2.24) is 19.5 Å². The van der Waals surface area contributed by atoms with Crippen LogP contribution in [-0.4, -0.2) is 19.5 Å². The average Bonchev–Trinajstić information content (AvgIpc) is 3.48. The van der Waals surface area contributed by atoms with Crippen LogP contribution in [0.3, 0.4) is 0 Å². The molecule has 9 heteroatoms. The van der Waals surface area contributed by atoms with Crippen LogP contribution in [0.5, 0.6) is 0 Å². The number of anilines is 1. The lowest BCUT2D eigenvalue weighted by molar-refractivity contribution is -0.0278. The smallest absolute Gasteiger partial charge is 0.268 e. The fraction of sp³-hybridized carbons (Fsp3) is 0.269. The number of rotatable bonds is 8. The maximum absolute atomic E-state index is 6.18. The second-order valence-corrected chi connectivity index (χ2v) is 10.3. The zero-order valence-corrected chi connectivity index (χ0v) is 21.9. The summed E-state index contributed by atoms with van der Waals surface area (Å²) in [6, 6.07) is 18.4. The van der Waals surface area contributed by atoms with Gasteiger partial charge in [-0.25, -0.2) is 15.0 Å². The van der Waals surface area contributed by atoms with E-state index in [4.69, 9.17) is 20.2 Å². The third-order valence-electron chi connectivity index (χ3n) is 6.33. The number of aromatic nitrogens is 4. The van der Waals surface area contributed by atoms with Crippen LogP contribution >= 0.6 is 27.7 Å². The molecule has 0 saturated carbocycles. The van der Waals surface area contributed by atoms with E-state index >= 15 is 0 Å². The number of fused-ring (bicyclic) bond motifs is 1. The first-order chi connectivity index (χ1) is 17.0. The van der Waals surface area contributed by atoms with Gasteiger partial charge < -0.3 is 19.8 Å². The summed E-state index contributed by atoms with van der Waals surface area (Å²) < 4.78 is 15.0. The van der Waals surface area contributed by atoms with Crippen molar-refractivity contribution in [3.8, 4) is 0 Å². The van der Waals surface area contributed by atoms with Crippen LogP contribution in [0.15, 0.2) is 81.9 Å². The second kappa shape index (κ2) is 10.3. The first kappa shape index (κ1) is 23.7. The van der Waals surface area contributed by atoms with Crippen LogP contribution in [0.1, 0.15) is 43.6 Å². The molecule has 0 radical (unpaired) electrons. The van der Waals surface area contributed by atoms with Crippen molar-refractivity contribution >= 4 is 44.7 Å². The standard InChI is InChI=1S/C26H26BrN5O2S/c1-3-16(2)19(17-9-5-4-6-10-17)13-32-24-22(23(28)29-15-30-24)31-26(32)35-21-14-33-25(34-21)18-11-7-8-12-20(18)27/h4-12,14-16,19,25H,3,13H2,1-2H3,(H2,28,29,30). The van der Waals surface area contributed by atoms with E-state index in [1.807, 2.05) is 30.3 Å². The Kier molecular flexibility index (Phi) is 6.97. The molecular weight excluding hydrogens is 526 g/mol. The molecule has 0 saturated heterocycles. The fourth-order valence-corrected chi connectivity index (χ4v) is 5.49. The summed E-state index contributed by atoms with van der Waals surface area (Å²) >= 11 is 4.97. The molecular formula is C26H26BrN5O2S. The number of benzene rings is 2. The number of hydrogen-bond donors (Lipinski definition) is 1. The minimum atomic E-state index is -0.520.